The summed E-state index contributed by atoms with van der Waals surface area (Å²) in [4.78, 5) is 8.50. The van der Waals surface area contributed by atoms with Gasteiger partial charge in [0.15, 0.2) is 0 Å². The zero-order valence-corrected chi connectivity index (χ0v) is 9.94. The Bertz CT molecular complexity index is 467. The molecule has 4 nitrogen and oxygen atoms in total. The Morgan fingerprint density at radius 2 is 2.25 bits per heavy atom. The van der Waals surface area contributed by atoms with Crippen LogP contribution in [0, 0.1) is 0 Å². The van der Waals surface area contributed by atoms with Crippen LogP contribution in [-0.4, -0.2) is 20.3 Å². The first-order valence-corrected chi connectivity index (χ1v) is 6.05. The molecule has 0 aliphatic carbocycles. The molecular formula is C11H14N4S. The molecule has 0 saturated carbocycles. The third-order valence-electron chi connectivity index (χ3n) is 2.29. The zero-order valence-electron chi connectivity index (χ0n) is 9.13. The van der Waals surface area contributed by atoms with Crippen LogP contribution in [0.5, 0.6) is 0 Å². The van der Waals surface area contributed by atoms with Crippen LogP contribution in [-0.2, 0) is 13.5 Å². The van der Waals surface area contributed by atoms with Crippen LogP contribution in [0.2, 0.25) is 0 Å². The average Bonchev–Trinajstić information content (AvgIpc) is 2.67. The maximum Gasteiger partial charge on any atom is 0.119 e. The van der Waals surface area contributed by atoms with E-state index in [1.807, 2.05) is 36.1 Å². The second kappa shape index (κ2) is 5.03. The number of aromatic nitrogens is 3. The van der Waals surface area contributed by atoms with E-state index in [9.17, 15) is 0 Å². The quantitative estimate of drug-likeness (QED) is 0.819. The molecule has 16 heavy (non-hydrogen) atoms. The number of thioether (sulfide) groups is 1. The molecule has 0 aliphatic heterocycles. The van der Waals surface area contributed by atoms with Gasteiger partial charge >= 0.3 is 0 Å². The van der Waals surface area contributed by atoms with E-state index in [0.717, 1.165) is 28.7 Å². The van der Waals surface area contributed by atoms with E-state index in [0.29, 0.717) is 0 Å². The predicted molar refractivity (Wildman–Crippen MR) is 66.3 cm³/mol. The van der Waals surface area contributed by atoms with Crippen molar-refractivity contribution in [2.45, 2.75) is 11.4 Å². The van der Waals surface area contributed by atoms with Crippen molar-refractivity contribution < 1.29 is 0 Å². The fraction of sp³-hybridized carbons (Fsp3) is 0.273. The monoisotopic (exact) mass is 234 g/mol. The van der Waals surface area contributed by atoms with Crippen LogP contribution in [0.4, 0.5) is 5.69 Å². The molecule has 2 heterocycles. The second-order valence-electron chi connectivity index (χ2n) is 3.45. The molecule has 0 atom stereocenters. The molecule has 2 N–H and O–H groups in total. The summed E-state index contributed by atoms with van der Waals surface area (Å²) < 4.78 is 2.03. The van der Waals surface area contributed by atoms with Crippen molar-refractivity contribution in [1.82, 2.24) is 14.5 Å². The smallest absolute Gasteiger partial charge is 0.119 e. The minimum atomic E-state index is 0.743. The number of hydrogen-bond acceptors (Lipinski definition) is 4. The molecule has 0 bridgehead atoms. The highest BCUT2D eigenvalue weighted by Gasteiger charge is 2.02. The molecule has 2 aromatic rings. The molecule has 0 spiro atoms. The second-order valence-corrected chi connectivity index (χ2v) is 4.53. The van der Waals surface area contributed by atoms with Gasteiger partial charge in [0.1, 0.15) is 10.9 Å². The Morgan fingerprint density at radius 3 is 2.94 bits per heavy atom. The van der Waals surface area contributed by atoms with Gasteiger partial charge in [-0.05, 0) is 12.1 Å². The molecule has 2 aromatic heterocycles. The number of pyridine rings is 1. The number of aryl methyl sites for hydroxylation is 2. The first kappa shape index (κ1) is 11.0. The summed E-state index contributed by atoms with van der Waals surface area (Å²) in [6.07, 6.45) is 6.45. The van der Waals surface area contributed by atoms with Crippen molar-refractivity contribution in [2.24, 2.45) is 7.05 Å². The topological polar surface area (TPSA) is 56.7 Å². The van der Waals surface area contributed by atoms with Crippen LogP contribution in [0.25, 0.3) is 0 Å². The fourth-order valence-electron chi connectivity index (χ4n) is 1.40. The summed E-state index contributed by atoms with van der Waals surface area (Å²) in [5.74, 6) is 2.02. The lowest BCUT2D eigenvalue weighted by atomic mass is 10.4. The maximum absolute atomic E-state index is 5.81. The Kier molecular flexibility index (Phi) is 3.46. The molecule has 0 radical (unpaired) electrons. The van der Waals surface area contributed by atoms with Crippen LogP contribution in [0.3, 0.4) is 0 Å². The molecule has 0 saturated heterocycles. The molecule has 0 fully saturated rings. The van der Waals surface area contributed by atoms with E-state index in [-0.39, 0.29) is 0 Å². The van der Waals surface area contributed by atoms with Crippen LogP contribution in [0.15, 0.2) is 35.7 Å². The van der Waals surface area contributed by atoms with E-state index in [2.05, 4.69) is 9.97 Å². The van der Waals surface area contributed by atoms with Crippen molar-refractivity contribution in [2.75, 3.05) is 11.5 Å². The number of nitrogens with zero attached hydrogens (tertiary/aromatic N) is 3. The lowest BCUT2D eigenvalue weighted by Crippen LogP contribution is -1.99. The van der Waals surface area contributed by atoms with Gasteiger partial charge in [-0.25, -0.2) is 9.97 Å². The van der Waals surface area contributed by atoms with E-state index >= 15 is 0 Å². The molecule has 2 rings (SSSR count). The van der Waals surface area contributed by atoms with Crippen molar-refractivity contribution >= 4 is 17.4 Å². The summed E-state index contributed by atoms with van der Waals surface area (Å²) in [7, 11) is 2.00. The van der Waals surface area contributed by atoms with Gasteiger partial charge in [-0.2, -0.15) is 0 Å². The number of nitrogen functional groups attached to an aromatic ring is 1. The molecular weight excluding hydrogens is 220 g/mol. The minimum absolute atomic E-state index is 0.743. The molecule has 0 amide bonds. The number of rotatable bonds is 4. The third-order valence-corrected chi connectivity index (χ3v) is 3.31. The third kappa shape index (κ3) is 2.55. The van der Waals surface area contributed by atoms with Gasteiger partial charge in [0.05, 0.1) is 5.69 Å². The van der Waals surface area contributed by atoms with E-state index in [1.54, 1.807) is 18.0 Å². The van der Waals surface area contributed by atoms with Gasteiger partial charge in [-0.1, -0.05) is 0 Å². The average molecular weight is 234 g/mol. The summed E-state index contributed by atoms with van der Waals surface area (Å²) in [5.41, 5.74) is 6.55. The van der Waals surface area contributed by atoms with Crippen molar-refractivity contribution in [3.63, 3.8) is 0 Å². The Hall–Kier alpha value is -1.49. The van der Waals surface area contributed by atoms with Gasteiger partial charge in [-0.15, -0.1) is 11.8 Å². The molecule has 0 unspecified atom stereocenters. The largest absolute Gasteiger partial charge is 0.397 e. The first-order chi connectivity index (χ1) is 7.77. The number of imidazole rings is 1. The van der Waals surface area contributed by atoms with E-state index in [1.165, 1.54) is 0 Å². The van der Waals surface area contributed by atoms with Crippen LogP contribution < -0.4 is 5.73 Å². The SMILES string of the molecule is Cn1ccnc1CCSc1ncccc1N. The summed E-state index contributed by atoms with van der Waals surface area (Å²) >= 11 is 1.66. The normalized spacial score (nSPS) is 10.6. The van der Waals surface area contributed by atoms with Gasteiger partial charge in [0.2, 0.25) is 0 Å². The lowest BCUT2D eigenvalue weighted by Gasteiger charge is -2.03. The highest BCUT2D eigenvalue weighted by Crippen LogP contribution is 2.21. The summed E-state index contributed by atoms with van der Waals surface area (Å²) in [5, 5.41) is 0.900. The number of nitrogens with two attached hydrogens (primary N) is 1. The van der Waals surface area contributed by atoms with E-state index < -0.39 is 0 Å². The van der Waals surface area contributed by atoms with Crippen molar-refractivity contribution in [3.05, 3.63) is 36.5 Å². The first-order valence-electron chi connectivity index (χ1n) is 5.07. The maximum atomic E-state index is 5.81. The Labute approximate surface area is 98.9 Å². The number of anilines is 1. The van der Waals surface area contributed by atoms with Crippen LogP contribution >= 0.6 is 11.8 Å². The van der Waals surface area contributed by atoms with Gasteiger partial charge < -0.3 is 10.3 Å². The Morgan fingerprint density at radius 1 is 1.38 bits per heavy atom. The molecule has 0 aromatic carbocycles. The summed E-state index contributed by atoms with van der Waals surface area (Å²) in [6, 6.07) is 3.72. The van der Waals surface area contributed by atoms with Gasteiger partial charge in [0, 0.05) is 37.8 Å². The minimum Gasteiger partial charge on any atom is -0.397 e. The van der Waals surface area contributed by atoms with Crippen LogP contribution in [0.1, 0.15) is 5.82 Å². The summed E-state index contributed by atoms with van der Waals surface area (Å²) in [6.45, 7) is 0. The Balaban J connectivity index is 1.89. The van der Waals surface area contributed by atoms with Crippen molar-refractivity contribution in [1.29, 1.82) is 0 Å². The molecule has 0 aliphatic rings. The molecule has 5 heteroatoms. The van der Waals surface area contributed by atoms with E-state index in [4.69, 9.17) is 5.73 Å². The highest BCUT2D eigenvalue weighted by atomic mass is 32.2. The van der Waals surface area contributed by atoms with Gasteiger partial charge in [0.25, 0.3) is 0 Å². The number of hydrogen-bond donors (Lipinski definition) is 1. The van der Waals surface area contributed by atoms with Crippen molar-refractivity contribution in [3.8, 4) is 0 Å². The fourth-order valence-corrected chi connectivity index (χ4v) is 2.25. The zero-order chi connectivity index (χ0) is 11.4. The molecule has 84 valence electrons. The van der Waals surface area contributed by atoms with Gasteiger partial charge in [-0.3, -0.25) is 0 Å². The highest BCUT2D eigenvalue weighted by molar-refractivity contribution is 7.99. The lowest BCUT2D eigenvalue weighted by molar-refractivity contribution is 0.811. The standard InChI is InChI=1S/C11H14N4S/c1-15-7-6-13-10(15)4-8-16-11-9(12)3-2-5-14-11/h2-3,5-7H,4,8,12H2,1H3. The predicted octanol–water partition coefficient (Wildman–Crippen LogP) is 1.73.